The van der Waals surface area contributed by atoms with Gasteiger partial charge in [-0.2, -0.15) is 5.10 Å². The number of fused-ring (bicyclic) bond motifs is 1. The van der Waals surface area contributed by atoms with Crippen LogP contribution in [0, 0.1) is 10.6 Å². The molecular weight excluding hydrogens is 341 g/mol. The lowest BCUT2D eigenvalue weighted by Gasteiger charge is -2.27. The Hall–Kier alpha value is -2.58. The summed E-state index contributed by atoms with van der Waals surface area (Å²) in [6.07, 6.45) is 2.48. The zero-order valence-electron chi connectivity index (χ0n) is 13.3. The van der Waals surface area contributed by atoms with Crippen LogP contribution in [0.2, 0.25) is 0 Å². The fourth-order valence-electron chi connectivity index (χ4n) is 3.21. The van der Waals surface area contributed by atoms with E-state index in [2.05, 4.69) is 25.1 Å². The highest BCUT2D eigenvalue weighted by molar-refractivity contribution is 7.71. The molecule has 0 aliphatic carbocycles. The van der Waals surface area contributed by atoms with Crippen molar-refractivity contribution < 1.29 is 4.39 Å². The molecule has 6 nitrogen and oxygen atoms in total. The molecule has 128 valence electrons. The molecule has 3 aromatic rings. The molecule has 1 aliphatic rings. The summed E-state index contributed by atoms with van der Waals surface area (Å²) in [6, 6.07) is 6.41. The average molecular weight is 357 g/mol. The van der Waals surface area contributed by atoms with Crippen LogP contribution >= 0.6 is 12.2 Å². The summed E-state index contributed by atoms with van der Waals surface area (Å²) in [4.78, 5) is 20.0. The summed E-state index contributed by atoms with van der Waals surface area (Å²) in [5.74, 6) is -0.285. The van der Waals surface area contributed by atoms with E-state index in [4.69, 9.17) is 12.2 Å². The molecule has 1 aliphatic heterocycles. The van der Waals surface area contributed by atoms with Crippen LogP contribution in [-0.2, 0) is 19.5 Å². The Labute approximate surface area is 147 Å². The van der Waals surface area contributed by atoms with Crippen LogP contribution in [0.15, 0.2) is 35.3 Å². The summed E-state index contributed by atoms with van der Waals surface area (Å²) in [6.45, 7) is 1.96. The number of nitrogens with zero attached hydrogens (tertiary/aromatic N) is 2. The van der Waals surface area contributed by atoms with Crippen molar-refractivity contribution in [3.05, 3.63) is 68.2 Å². The van der Waals surface area contributed by atoms with E-state index >= 15 is 0 Å². The zero-order valence-corrected chi connectivity index (χ0v) is 14.1. The van der Waals surface area contributed by atoms with Crippen LogP contribution in [0.3, 0.4) is 0 Å². The summed E-state index contributed by atoms with van der Waals surface area (Å²) in [7, 11) is 0. The quantitative estimate of drug-likeness (QED) is 0.629. The molecule has 3 heterocycles. The molecule has 8 heteroatoms. The molecule has 0 fully saturated rings. The molecule has 0 spiro atoms. The predicted molar refractivity (Wildman–Crippen MR) is 94.0 cm³/mol. The summed E-state index contributed by atoms with van der Waals surface area (Å²) >= 11 is 5.02. The summed E-state index contributed by atoms with van der Waals surface area (Å²) in [5.41, 5.74) is 4.01. The second-order valence-electron chi connectivity index (χ2n) is 6.11. The van der Waals surface area contributed by atoms with Crippen molar-refractivity contribution in [2.75, 3.05) is 6.54 Å². The molecule has 3 N–H and O–H groups in total. The fourth-order valence-corrected chi connectivity index (χ4v) is 3.43. The van der Waals surface area contributed by atoms with E-state index in [0.717, 1.165) is 41.0 Å². The lowest BCUT2D eigenvalue weighted by molar-refractivity contribution is 0.242. The van der Waals surface area contributed by atoms with E-state index in [0.29, 0.717) is 17.9 Å². The standard InChI is InChI=1S/C17H16FN5OS/c18-12-3-1-2-10(6-12)15-11(7-19-22-15)8-23-5-4-14-13(9-23)16(24)21-17(25)20-14/h1-3,6-7H,4-5,8-9H2,(H,19,22)(H2,20,21,24,25). The maximum Gasteiger partial charge on any atom is 0.256 e. The molecule has 2 aromatic heterocycles. The number of halogens is 1. The van der Waals surface area contributed by atoms with Gasteiger partial charge in [0.2, 0.25) is 0 Å². The molecule has 0 unspecified atom stereocenters. The van der Waals surface area contributed by atoms with Crippen molar-refractivity contribution in [2.24, 2.45) is 0 Å². The maximum atomic E-state index is 13.5. The van der Waals surface area contributed by atoms with Crippen molar-refractivity contribution in [2.45, 2.75) is 19.5 Å². The first-order chi connectivity index (χ1) is 12.1. The van der Waals surface area contributed by atoms with E-state index in [9.17, 15) is 9.18 Å². The molecule has 0 amide bonds. The minimum atomic E-state index is -0.285. The van der Waals surface area contributed by atoms with Gasteiger partial charge < -0.3 is 4.98 Å². The maximum absolute atomic E-state index is 13.5. The largest absolute Gasteiger partial charge is 0.335 e. The average Bonchev–Trinajstić information content (AvgIpc) is 3.03. The van der Waals surface area contributed by atoms with Gasteiger partial charge in [0.25, 0.3) is 5.56 Å². The van der Waals surface area contributed by atoms with Gasteiger partial charge in [-0.05, 0) is 24.4 Å². The third-order valence-corrected chi connectivity index (χ3v) is 4.62. The molecule has 4 rings (SSSR count). The Morgan fingerprint density at radius 1 is 1.32 bits per heavy atom. The number of hydrogen-bond donors (Lipinski definition) is 3. The normalized spacial score (nSPS) is 14.4. The fraction of sp³-hybridized carbons (Fsp3) is 0.235. The summed E-state index contributed by atoms with van der Waals surface area (Å²) in [5, 5.41) is 7.05. The smallest absolute Gasteiger partial charge is 0.256 e. The van der Waals surface area contributed by atoms with Gasteiger partial charge in [0, 0.05) is 42.9 Å². The van der Waals surface area contributed by atoms with Crippen LogP contribution < -0.4 is 5.56 Å². The number of rotatable bonds is 3. The molecule has 0 bridgehead atoms. The Balaban J connectivity index is 1.59. The van der Waals surface area contributed by atoms with Crippen molar-refractivity contribution in [3.63, 3.8) is 0 Å². The Kier molecular flexibility index (Phi) is 4.06. The van der Waals surface area contributed by atoms with E-state index in [-0.39, 0.29) is 11.4 Å². The van der Waals surface area contributed by atoms with Gasteiger partial charge in [0.15, 0.2) is 4.77 Å². The van der Waals surface area contributed by atoms with Crippen molar-refractivity contribution in [1.82, 2.24) is 25.1 Å². The van der Waals surface area contributed by atoms with Gasteiger partial charge in [-0.15, -0.1) is 0 Å². The van der Waals surface area contributed by atoms with Gasteiger partial charge in [0.1, 0.15) is 5.82 Å². The second-order valence-corrected chi connectivity index (χ2v) is 6.51. The predicted octanol–water partition coefficient (Wildman–Crippen LogP) is 2.52. The second kappa shape index (κ2) is 6.38. The molecule has 0 radical (unpaired) electrons. The topological polar surface area (TPSA) is 80.6 Å². The molecule has 0 atom stereocenters. The van der Waals surface area contributed by atoms with E-state index in [1.807, 2.05) is 6.07 Å². The van der Waals surface area contributed by atoms with Gasteiger partial charge in [-0.25, -0.2) is 4.39 Å². The van der Waals surface area contributed by atoms with Crippen LogP contribution in [0.25, 0.3) is 11.3 Å². The number of H-pyrrole nitrogens is 3. The monoisotopic (exact) mass is 357 g/mol. The van der Waals surface area contributed by atoms with E-state index in [1.165, 1.54) is 12.1 Å². The highest BCUT2D eigenvalue weighted by Gasteiger charge is 2.21. The van der Waals surface area contributed by atoms with Crippen molar-refractivity contribution in [3.8, 4) is 11.3 Å². The Bertz CT molecular complexity index is 1040. The number of nitrogens with one attached hydrogen (secondary N) is 3. The first kappa shape index (κ1) is 15.9. The van der Waals surface area contributed by atoms with Gasteiger partial charge in [-0.3, -0.25) is 19.8 Å². The van der Waals surface area contributed by atoms with Crippen LogP contribution in [0.5, 0.6) is 0 Å². The first-order valence-electron chi connectivity index (χ1n) is 7.95. The number of hydrogen-bond acceptors (Lipinski definition) is 4. The lowest BCUT2D eigenvalue weighted by Crippen LogP contribution is -2.35. The minimum absolute atomic E-state index is 0.138. The Morgan fingerprint density at radius 2 is 2.20 bits per heavy atom. The van der Waals surface area contributed by atoms with Crippen LogP contribution in [0.1, 0.15) is 16.8 Å². The number of aromatic nitrogens is 4. The van der Waals surface area contributed by atoms with Gasteiger partial charge in [-0.1, -0.05) is 12.1 Å². The molecule has 1 aromatic carbocycles. The van der Waals surface area contributed by atoms with Crippen molar-refractivity contribution >= 4 is 12.2 Å². The third-order valence-electron chi connectivity index (χ3n) is 4.41. The summed E-state index contributed by atoms with van der Waals surface area (Å²) < 4.78 is 13.9. The van der Waals surface area contributed by atoms with Crippen LogP contribution in [0.4, 0.5) is 4.39 Å². The van der Waals surface area contributed by atoms with Crippen LogP contribution in [-0.4, -0.2) is 31.6 Å². The highest BCUT2D eigenvalue weighted by Crippen LogP contribution is 2.24. The third kappa shape index (κ3) is 3.18. The Morgan fingerprint density at radius 3 is 3.04 bits per heavy atom. The minimum Gasteiger partial charge on any atom is -0.335 e. The molecule has 0 saturated heterocycles. The SMILES string of the molecule is O=c1[nH]c(=S)[nH]c2c1CN(Cc1cn[nH]c1-c1cccc(F)c1)CC2. The number of benzene rings is 1. The van der Waals surface area contributed by atoms with E-state index < -0.39 is 0 Å². The zero-order chi connectivity index (χ0) is 17.4. The van der Waals surface area contributed by atoms with Crippen molar-refractivity contribution in [1.29, 1.82) is 0 Å². The lowest BCUT2D eigenvalue weighted by atomic mass is 10.0. The highest BCUT2D eigenvalue weighted by atomic mass is 32.1. The first-order valence-corrected chi connectivity index (χ1v) is 8.36. The van der Waals surface area contributed by atoms with Gasteiger partial charge >= 0.3 is 0 Å². The van der Waals surface area contributed by atoms with Gasteiger partial charge in [0.05, 0.1) is 17.5 Å². The number of aromatic amines is 3. The molecular formula is C17H16FN5OS. The van der Waals surface area contributed by atoms with E-state index in [1.54, 1.807) is 12.3 Å². The molecule has 0 saturated carbocycles. The molecule has 25 heavy (non-hydrogen) atoms.